The first-order chi connectivity index (χ1) is 13.4. The van der Waals surface area contributed by atoms with Gasteiger partial charge >= 0.3 is 6.03 Å². The third-order valence-electron chi connectivity index (χ3n) is 3.82. The lowest BCUT2D eigenvalue weighted by Gasteiger charge is -2.17. The van der Waals surface area contributed by atoms with Gasteiger partial charge in [-0.25, -0.2) is 4.79 Å². The van der Waals surface area contributed by atoms with Crippen LogP contribution in [0.3, 0.4) is 0 Å². The highest BCUT2D eigenvalue weighted by molar-refractivity contribution is 5.96. The second kappa shape index (κ2) is 10.5. The lowest BCUT2D eigenvalue weighted by atomic mass is 10.2. The van der Waals surface area contributed by atoms with E-state index in [9.17, 15) is 14.4 Å². The smallest absolute Gasteiger partial charge is 0.321 e. The molecule has 0 unspecified atom stereocenters. The average molecular weight is 392 g/mol. The van der Waals surface area contributed by atoms with E-state index in [4.69, 9.17) is 9.47 Å². The van der Waals surface area contributed by atoms with Crippen molar-refractivity contribution in [3.05, 3.63) is 18.2 Å². The third kappa shape index (κ3) is 7.43. The average Bonchev–Trinajstić information content (AvgIpc) is 3.40. The molecule has 2 rings (SSSR count). The van der Waals surface area contributed by atoms with E-state index in [0.717, 1.165) is 12.8 Å². The van der Waals surface area contributed by atoms with Crippen LogP contribution in [-0.2, 0) is 9.59 Å². The van der Waals surface area contributed by atoms with Crippen molar-refractivity contribution in [3.8, 4) is 11.5 Å². The number of benzene rings is 1. The predicted octanol–water partition coefficient (Wildman–Crippen LogP) is 1.34. The molecule has 0 bridgehead atoms. The summed E-state index contributed by atoms with van der Waals surface area (Å²) < 4.78 is 11.0. The zero-order valence-corrected chi connectivity index (χ0v) is 16.5. The van der Waals surface area contributed by atoms with Crippen molar-refractivity contribution < 1.29 is 23.9 Å². The van der Waals surface area contributed by atoms with Gasteiger partial charge in [-0.1, -0.05) is 0 Å². The van der Waals surface area contributed by atoms with Crippen molar-refractivity contribution in [2.24, 2.45) is 0 Å². The fraction of sp³-hybridized carbons (Fsp3) is 0.526. The fourth-order valence-corrected chi connectivity index (χ4v) is 2.49. The highest BCUT2D eigenvalue weighted by atomic mass is 16.5. The normalized spacial score (nSPS) is 13.0. The molecule has 0 atom stereocenters. The molecule has 1 aliphatic rings. The second-order valence-corrected chi connectivity index (χ2v) is 6.54. The van der Waals surface area contributed by atoms with E-state index in [1.54, 1.807) is 25.2 Å². The first-order valence-electron chi connectivity index (χ1n) is 9.39. The van der Waals surface area contributed by atoms with E-state index in [0.29, 0.717) is 30.4 Å². The van der Waals surface area contributed by atoms with Gasteiger partial charge < -0.3 is 20.1 Å². The molecule has 1 aromatic carbocycles. The van der Waals surface area contributed by atoms with Crippen LogP contribution in [0.5, 0.6) is 11.5 Å². The molecule has 9 nitrogen and oxygen atoms in total. The number of likely N-dealkylation sites (N-methyl/N-ethyl adjacent to an activating group) is 1. The van der Waals surface area contributed by atoms with Gasteiger partial charge in [0.25, 0.3) is 0 Å². The molecule has 154 valence electrons. The molecule has 3 N–H and O–H groups in total. The molecule has 0 saturated heterocycles. The first kappa shape index (κ1) is 21.5. The molecule has 0 radical (unpaired) electrons. The summed E-state index contributed by atoms with van der Waals surface area (Å²) in [6, 6.07) is 4.83. The van der Waals surface area contributed by atoms with Gasteiger partial charge in [-0.2, -0.15) is 0 Å². The maximum absolute atomic E-state index is 12.2. The van der Waals surface area contributed by atoms with Gasteiger partial charge in [0.15, 0.2) is 11.5 Å². The Bertz CT molecular complexity index is 706. The number of imide groups is 1. The Hall–Kier alpha value is -2.81. The lowest BCUT2D eigenvalue weighted by Crippen LogP contribution is -2.45. The minimum Gasteiger partial charge on any atom is -0.490 e. The molecular weight excluding hydrogens is 364 g/mol. The number of carbonyl (C=O) groups is 3. The van der Waals surface area contributed by atoms with Crippen LogP contribution < -0.4 is 25.4 Å². The Morgan fingerprint density at radius 2 is 1.68 bits per heavy atom. The highest BCUT2D eigenvalue weighted by Gasteiger charge is 2.24. The van der Waals surface area contributed by atoms with E-state index < -0.39 is 11.9 Å². The van der Waals surface area contributed by atoms with Gasteiger partial charge in [0.2, 0.25) is 11.8 Å². The van der Waals surface area contributed by atoms with Gasteiger partial charge in [-0.3, -0.25) is 19.8 Å². The fourth-order valence-electron chi connectivity index (χ4n) is 2.49. The van der Waals surface area contributed by atoms with Gasteiger partial charge in [0.1, 0.15) is 0 Å². The summed E-state index contributed by atoms with van der Waals surface area (Å²) in [4.78, 5) is 37.1. The molecule has 0 heterocycles. The summed E-state index contributed by atoms with van der Waals surface area (Å²) in [7, 11) is 1.63. The number of nitrogens with zero attached hydrogens (tertiary/aromatic N) is 1. The van der Waals surface area contributed by atoms with E-state index in [1.807, 2.05) is 13.8 Å². The number of hydrogen-bond acceptors (Lipinski definition) is 6. The molecule has 1 aliphatic carbocycles. The largest absolute Gasteiger partial charge is 0.490 e. The Labute approximate surface area is 164 Å². The molecule has 1 aromatic rings. The minimum atomic E-state index is -0.497. The van der Waals surface area contributed by atoms with Crippen molar-refractivity contribution in [2.75, 3.05) is 38.7 Å². The zero-order valence-electron chi connectivity index (χ0n) is 16.5. The SMILES string of the molecule is CCOc1ccc(NC(=O)CN(C)CC(=O)NC(=O)NC2CC2)cc1OCC. The van der Waals surface area contributed by atoms with Crippen LogP contribution in [0.2, 0.25) is 0 Å². The number of hydrogen-bond donors (Lipinski definition) is 3. The van der Waals surface area contributed by atoms with Crippen LogP contribution in [-0.4, -0.2) is 62.1 Å². The summed E-state index contributed by atoms with van der Waals surface area (Å²) in [6.45, 7) is 4.66. The van der Waals surface area contributed by atoms with Crippen LogP contribution in [0.4, 0.5) is 10.5 Å². The van der Waals surface area contributed by atoms with E-state index in [1.165, 1.54) is 4.90 Å². The monoisotopic (exact) mass is 392 g/mol. The highest BCUT2D eigenvalue weighted by Crippen LogP contribution is 2.30. The lowest BCUT2D eigenvalue weighted by molar-refractivity contribution is -0.122. The van der Waals surface area contributed by atoms with Crippen molar-refractivity contribution in [1.29, 1.82) is 0 Å². The quantitative estimate of drug-likeness (QED) is 0.554. The maximum Gasteiger partial charge on any atom is 0.321 e. The molecule has 28 heavy (non-hydrogen) atoms. The number of anilines is 1. The van der Waals surface area contributed by atoms with Crippen LogP contribution in [0.25, 0.3) is 0 Å². The first-order valence-corrected chi connectivity index (χ1v) is 9.39. The van der Waals surface area contributed by atoms with E-state index >= 15 is 0 Å². The number of urea groups is 1. The van der Waals surface area contributed by atoms with Gasteiger partial charge in [0, 0.05) is 17.8 Å². The number of amides is 4. The predicted molar refractivity (Wildman–Crippen MR) is 105 cm³/mol. The molecule has 1 saturated carbocycles. The van der Waals surface area contributed by atoms with Crippen molar-refractivity contribution in [3.63, 3.8) is 0 Å². The Kier molecular flexibility index (Phi) is 8.06. The molecule has 0 aliphatic heterocycles. The van der Waals surface area contributed by atoms with Crippen LogP contribution in [0.15, 0.2) is 18.2 Å². The summed E-state index contributed by atoms with van der Waals surface area (Å²) in [5, 5.41) is 7.68. The molecule has 0 spiro atoms. The molecule has 1 fully saturated rings. The van der Waals surface area contributed by atoms with Crippen molar-refractivity contribution >= 4 is 23.5 Å². The van der Waals surface area contributed by atoms with Gasteiger partial charge in [0.05, 0.1) is 26.3 Å². The number of nitrogens with one attached hydrogen (secondary N) is 3. The molecule has 0 aromatic heterocycles. The van der Waals surface area contributed by atoms with Crippen molar-refractivity contribution in [2.45, 2.75) is 32.7 Å². The second-order valence-electron chi connectivity index (χ2n) is 6.54. The third-order valence-corrected chi connectivity index (χ3v) is 3.82. The van der Waals surface area contributed by atoms with Crippen LogP contribution >= 0.6 is 0 Å². The van der Waals surface area contributed by atoms with E-state index in [-0.39, 0.29) is 25.0 Å². The zero-order chi connectivity index (χ0) is 20.5. The minimum absolute atomic E-state index is 0.00512. The molecular formula is C19H28N4O5. The summed E-state index contributed by atoms with van der Waals surface area (Å²) in [6.07, 6.45) is 1.89. The number of rotatable bonds is 10. The Balaban J connectivity index is 1.80. The summed E-state index contributed by atoms with van der Waals surface area (Å²) >= 11 is 0. The van der Waals surface area contributed by atoms with Gasteiger partial charge in [-0.15, -0.1) is 0 Å². The maximum atomic E-state index is 12.2. The van der Waals surface area contributed by atoms with Crippen LogP contribution in [0, 0.1) is 0 Å². The summed E-state index contributed by atoms with van der Waals surface area (Å²) in [5.74, 6) is 0.412. The van der Waals surface area contributed by atoms with Crippen molar-refractivity contribution in [1.82, 2.24) is 15.5 Å². The number of ether oxygens (including phenoxy) is 2. The standard InChI is InChI=1S/C19H28N4O5/c1-4-27-15-9-8-14(10-16(15)28-5-2)20-17(24)11-23(3)12-18(25)22-19(26)21-13-6-7-13/h8-10,13H,4-7,11-12H2,1-3H3,(H,20,24)(H2,21,22,25,26). The summed E-state index contributed by atoms with van der Waals surface area (Å²) in [5.41, 5.74) is 0.568. The van der Waals surface area contributed by atoms with Gasteiger partial charge in [-0.05, 0) is 45.9 Å². The molecule has 4 amide bonds. The Morgan fingerprint density at radius 3 is 2.32 bits per heavy atom. The number of carbonyl (C=O) groups excluding carboxylic acids is 3. The topological polar surface area (TPSA) is 109 Å². The van der Waals surface area contributed by atoms with E-state index in [2.05, 4.69) is 16.0 Å². The Morgan fingerprint density at radius 1 is 1.04 bits per heavy atom. The van der Waals surface area contributed by atoms with Crippen LogP contribution in [0.1, 0.15) is 26.7 Å². The molecule has 9 heteroatoms.